The number of amides is 2. The van der Waals surface area contributed by atoms with E-state index in [-0.39, 0.29) is 37.0 Å². The van der Waals surface area contributed by atoms with E-state index in [1.807, 2.05) is 24.3 Å². The summed E-state index contributed by atoms with van der Waals surface area (Å²) in [5.41, 5.74) is 1.15. The van der Waals surface area contributed by atoms with Gasteiger partial charge >= 0.3 is 0 Å². The number of hydrogen-bond acceptors (Lipinski definition) is 8. The van der Waals surface area contributed by atoms with Crippen LogP contribution in [0, 0.1) is 0 Å². The second-order valence-electron chi connectivity index (χ2n) is 8.08. The zero-order valence-electron chi connectivity index (χ0n) is 18.4. The van der Waals surface area contributed by atoms with Crippen LogP contribution in [-0.2, 0) is 19.6 Å². The van der Waals surface area contributed by atoms with Crippen LogP contribution in [0.3, 0.4) is 0 Å². The molecule has 0 radical (unpaired) electrons. The summed E-state index contributed by atoms with van der Waals surface area (Å²) in [5.74, 6) is -1.07. The van der Waals surface area contributed by atoms with Crippen LogP contribution in [-0.4, -0.2) is 47.5 Å². The molecule has 2 amide bonds. The number of aromatic hydroxyl groups is 1. The first kappa shape index (κ1) is 23.6. The number of imide groups is 1. The van der Waals surface area contributed by atoms with Crippen molar-refractivity contribution in [3.05, 3.63) is 54.6 Å². The Bertz CT molecular complexity index is 1520. The van der Waals surface area contributed by atoms with Crippen LogP contribution in [0.5, 0.6) is 5.75 Å². The fraction of sp³-hybridized carbons (Fsp3) is 0.208. The molecule has 11 heteroatoms. The molecule has 2 heterocycles. The number of nitrogens with one attached hydrogen (secondary N) is 1. The van der Waals surface area contributed by atoms with Gasteiger partial charge in [-0.3, -0.25) is 19.2 Å². The highest BCUT2D eigenvalue weighted by Gasteiger charge is 2.27. The molecule has 0 unspecified atom stereocenters. The van der Waals surface area contributed by atoms with E-state index in [1.54, 1.807) is 30.3 Å². The summed E-state index contributed by atoms with van der Waals surface area (Å²) in [6.07, 6.45) is 0.982. The minimum Gasteiger partial charge on any atom is -0.506 e. The molecule has 5 rings (SSSR count). The Labute approximate surface area is 210 Å². The number of phenols is 1. The normalized spacial score (nSPS) is 14.7. The molecule has 1 aliphatic heterocycles. The largest absolute Gasteiger partial charge is 0.506 e. The highest BCUT2D eigenvalue weighted by Crippen LogP contribution is 2.44. The molecule has 1 aromatic heterocycles. The number of carbonyl (C=O) groups is 2. The topological polar surface area (TPSA) is 117 Å². The van der Waals surface area contributed by atoms with Gasteiger partial charge in [0, 0.05) is 30.2 Å². The van der Waals surface area contributed by atoms with Crippen molar-refractivity contribution >= 4 is 71.6 Å². The average molecular weight is 528 g/mol. The maximum atomic E-state index is 12.9. The number of carbonyl (C=O) groups excluding carboxylic acids is 2. The summed E-state index contributed by atoms with van der Waals surface area (Å²) in [5, 5.41) is 12.0. The van der Waals surface area contributed by atoms with Crippen molar-refractivity contribution in [3.8, 4) is 5.75 Å². The highest BCUT2D eigenvalue weighted by atomic mass is 32.2. The molecule has 0 atom stereocenters. The molecule has 0 spiro atoms. The number of thiazole rings is 1. The van der Waals surface area contributed by atoms with Crippen molar-refractivity contribution < 1.29 is 23.1 Å². The molecule has 35 heavy (non-hydrogen) atoms. The summed E-state index contributed by atoms with van der Waals surface area (Å²) >= 11 is 2.74. The Hall–Kier alpha value is -3.15. The van der Waals surface area contributed by atoms with Crippen molar-refractivity contribution in [2.24, 2.45) is 0 Å². The first-order valence-electron chi connectivity index (χ1n) is 10.9. The van der Waals surface area contributed by atoms with Gasteiger partial charge in [0.05, 0.1) is 26.6 Å². The Morgan fingerprint density at radius 3 is 2.46 bits per heavy atom. The minimum atomic E-state index is -3.90. The number of anilines is 1. The summed E-state index contributed by atoms with van der Waals surface area (Å²) in [6.45, 7) is -0.198. The fourth-order valence-electron chi connectivity index (χ4n) is 3.96. The molecule has 1 aliphatic rings. The van der Waals surface area contributed by atoms with Gasteiger partial charge in [-0.2, -0.15) is 0 Å². The highest BCUT2D eigenvalue weighted by molar-refractivity contribution is 8.01. The number of phenolic OH excluding ortho intramolecular Hbond substituents is 1. The van der Waals surface area contributed by atoms with Gasteiger partial charge in [0.2, 0.25) is 21.8 Å². The molecule has 0 aliphatic carbocycles. The van der Waals surface area contributed by atoms with Crippen molar-refractivity contribution in [2.45, 2.75) is 28.5 Å². The number of sulfonamides is 1. The smallest absolute Gasteiger partial charge is 0.234 e. The predicted molar refractivity (Wildman–Crippen MR) is 137 cm³/mol. The summed E-state index contributed by atoms with van der Waals surface area (Å²) in [6, 6.07) is 16.3. The van der Waals surface area contributed by atoms with Crippen LogP contribution in [0.2, 0.25) is 0 Å². The van der Waals surface area contributed by atoms with E-state index < -0.39 is 15.8 Å². The lowest BCUT2D eigenvalue weighted by molar-refractivity contribution is -0.147. The summed E-state index contributed by atoms with van der Waals surface area (Å²) in [4.78, 5) is 30.1. The number of rotatable bonds is 7. The molecular formula is C24H21N3O5S3. The lowest BCUT2D eigenvalue weighted by Crippen LogP contribution is -2.43. The van der Waals surface area contributed by atoms with Gasteiger partial charge < -0.3 is 5.11 Å². The number of para-hydroxylation sites is 1. The number of hydrogen-bond donors (Lipinski definition) is 2. The average Bonchev–Trinajstić information content (AvgIpc) is 3.24. The molecule has 180 valence electrons. The third-order valence-electron chi connectivity index (χ3n) is 5.69. The van der Waals surface area contributed by atoms with E-state index in [4.69, 9.17) is 0 Å². The van der Waals surface area contributed by atoms with Crippen molar-refractivity contribution in [1.29, 1.82) is 0 Å². The van der Waals surface area contributed by atoms with Crippen molar-refractivity contribution in [3.63, 3.8) is 0 Å². The van der Waals surface area contributed by atoms with Crippen LogP contribution in [0.25, 0.3) is 21.0 Å². The number of aromatic nitrogens is 1. The van der Waals surface area contributed by atoms with Crippen molar-refractivity contribution in [1.82, 2.24) is 9.88 Å². The minimum absolute atomic E-state index is 0.0392. The van der Waals surface area contributed by atoms with Crippen LogP contribution in [0.4, 0.5) is 5.69 Å². The van der Waals surface area contributed by atoms with Gasteiger partial charge in [-0.15, -0.1) is 11.3 Å². The lowest BCUT2D eigenvalue weighted by atomic mass is 10.1. The van der Waals surface area contributed by atoms with Crippen LogP contribution in [0.15, 0.2) is 63.8 Å². The Morgan fingerprint density at radius 2 is 1.71 bits per heavy atom. The molecule has 1 saturated heterocycles. The Kier molecular flexibility index (Phi) is 6.39. The van der Waals surface area contributed by atoms with Gasteiger partial charge in [-0.05, 0) is 24.6 Å². The molecule has 0 bridgehead atoms. The molecule has 8 nitrogen and oxygen atoms in total. The van der Waals surface area contributed by atoms with Gasteiger partial charge in [-0.25, -0.2) is 13.4 Å². The van der Waals surface area contributed by atoms with E-state index in [0.29, 0.717) is 32.1 Å². The first-order valence-corrected chi connectivity index (χ1v) is 14.2. The SMILES string of the molecule is O=C1CCCC(=O)N1CCS(=O)(=O)Nc1cc(Sc2nc3ccccc3s2)c(O)c2ccccc12. The van der Waals surface area contributed by atoms with Gasteiger partial charge in [-0.1, -0.05) is 48.2 Å². The van der Waals surface area contributed by atoms with E-state index in [2.05, 4.69) is 9.71 Å². The maximum absolute atomic E-state index is 12.9. The molecule has 4 aromatic rings. The van der Waals surface area contributed by atoms with E-state index in [9.17, 15) is 23.1 Å². The lowest BCUT2D eigenvalue weighted by Gasteiger charge is -2.24. The van der Waals surface area contributed by atoms with Gasteiger partial charge in [0.15, 0.2) is 4.34 Å². The van der Waals surface area contributed by atoms with E-state index in [1.165, 1.54) is 23.1 Å². The second-order valence-corrected chi connectivity index (χ2v) is 12.2. The Balaban J connectivity index is 1.44. The number of likely N-dealkylation sites (tertiary alicyclic amines) is 1. The third-order valence-corrected chi connectivity index (χ3v) is 9.06. The van der Waals surface area contributed by atoms with Crippen LogP contribution >= 0.6 is 23.1 Å². The first-order chi connectivity index (χ1) is 16.8. The van der Waals surface area contributed by atoms with Gasteiger partial charge in [0.1, 0.15) is 5.75 Å². The van der Waals surface area contributed by atoms with Crippen LogP contribution in [0.1, 0.15) is 19.3 Å². The van der Waals surface area contributed by atoms with Crippen LogP contribution < -0.4 is 4.72 Å². The zero-order valence-corrected chi connectivity index (χ0v) is 20.9. The molecule has 2 N–H and O–H groups in total. The zero-order chi connectivity index (χ0) is 24.6. The van der Waals surface area contributed by atoms with Crippen molar-refractivity contribution in [2.75, 3.05) is 17.0 Å². The molecular weight excluding hydrogens is 506 g/mol. The third kappa shape index (κ3) is 4.97. The Morgan fingerprint density at radius 1 is 1.03 bits per heavy atom. The maximum Gasteiger partial charge on any atom is 0.234 e. The number of piperidine rings is 1. The standard InChI is InChI=1S/C24H21N3O5S3/c28-21-10-5-11-22(29)27(21)12-13-35(31,32)26-18-14-20(23(30)16-7-2-1-6-15(16)18)34-24-25-17-8-3-4-9-19(17)33-24/h1-4,6-9,14,26,30H,5,10-13H2. The number of benzene rings is 3. The molecule has 1 fully saturated rings. The quantitative estimate of drug-likeness (QED) is 0.267. The summed E-state index contributed by atoms with van der Waals surface area (Å²) < 4.78 is 30.2. The predicted octanol–water partition coefficient (Wildman–Crippen LogP) is 4.59. The van der Waals surface area contributed by atoms with E-state index >= 15 is 0 Å². The summed E-state index contributed by atoms with van der Waals surface area (Å²) in [7, 11) is -3.90. The number of nitrogens with zero attached hydrogens (tertiary/aromatic N) is 2. The van der Waals surface area contributed by atoms with Gasteiger partial charge in [0.25, 0.3) is 0 Å². The number of fused-ring (bicyclic) bond motifs is 2. The van der Waals surface area contributed by atoms with E-state index in [0.717, 1.165) is 15.1 Å². The molecule has 0 saturated carbocycles. The monoisotopic (exact) mass is 527 g/mol. The second kappa shape index (κ2) is 9.48. The fourth-order valence-corrected chi connectivity index (χ4v) is 7.11. The molecule has 3 aromatic carbocycles.